The first-order valence-electron chi connectivity index (χ1n) is 7.12. The van der Waals surface area contributed by atoms with Crippen molar-refractivity contribution in [2.45, 2.75) is 24.6 Å². The van der Waals surface area contributed by atoms with E-state index in [9.17, 15) is 13.2 Å². The van der Waals surface area contributed by atoms with E-state index in [0.29, 0.717) is 5.17 Å². The van der Waals surface area contributed by atoms with Crippen molar-refractivity contribution in [3.05, 3.63) is 29.8 Å². The first-order valence-corrected chi connectivity index (χ1v) is 9.82. The van der Waals surface area contributed by atoms with Crippen LogP contribution in [0, 0.1) is 18.3 Å². The van der Waals surface area contributed by atoms with Crippen LogP contribution >= 0.6 is 11.8 Å². The number of aryl methyl sites for hydroxylation is 1. The Morgan fingerprint density at radius 2 is 2.17 bits per heavy atom. The first kappa shape index (κ1) is 16.0. The van der Waals surface area contributed by atoms with E-state index in [1.54, 1.807) is 6.07 Å². The first-order chi connectivity index (χ1) is 10.9. The molecule has 0 bridgehead atoms. The van der Waals surface area contributed by atoms with Gasteiger partial charge in [0.15, 0.2) is 15.0 Å². The van der Waals surface area contributed by atoms with Crippen LogP contribution in [-0.2, 0) is 14.6 Å². The highest BCUT2D eigenvalue weighted by Gasteiger charge is 2.49. The molecule has 0 unspecified atom stereocenters. The third-order valence-corrected chi connectivity index (χ3v) is 7.10. The lowest BCUT2D eigenvalue weighted by Gasteiger charge is -2.26. The summed E-state index contributed by atoms with van der Waals surface area (Å²) in [4.78, 5) is 17.6. The maximum absolute atomic E-state index is 11.9. The maximum atomic E-state index is 11.9. The molecular formula is C15H15N3O3S2. The van der Waals surface area contributed by atoms with Crippen molar-refractivity contribution in [3.8, 4) is 6.07 Å². The molecule has 23 heavy (non-hydrogen) atoms. The summed E-state index contributed by atoms with van der Waals surface area (Å²) in [5.41, 5.74) is 1.84. The summed E-state index contributed by atoms with van der Waals surface area (Å²) in [6, 6.07) is 9.18. The summed E-state index contributed by atoms with van der Waals surface area (Å²) >= 11 is 1.32. The zero-order chi connectivity index (χ0) is 16.6. The molecule has 0 aliphatic carbocycles. The molecule has 2 saturated heterocycles. The van der Waals surface area contributed by atoms with Crippen molar-refractivity contribution < 1.29 is 13.2 Å². The van der Waals surface area contributed by atoms with Crippen LogP contribution in [0.15, 0.2) is 29.3 Å². The number of nitriles is 1. The van der Waals surface area contributed by atoms with Crippen molar-refractivity contribution in [2.24, 2.45) is 4.99 Å². The number of aliphatic imine (C=N–C) groups is 1. The van der Waals surface area contributed by atoms with Gasteiger partial charge in [0.2, 0.25) is 0 Å². The average Bonchev–Trinajstić information content (AvgIpc) is 2.91. The summed E-state index contributed by atoms with van der Waals surface area (Å²) in [6.07, 6.45) is -0.278. The normalized spacial score (nSPS) is 27.0. The molecule has 2 fully saturated rings. The molecule has 1 aromatic carbocycles. The Morgan fingerprint density at radius 1 is 1.43 bits per heavy atom. The molecule has 1 amide bonds. The van der Waals surface area contributed by atoms with E-state index < -0.39 is 15.7 Å². The summed E-state index contributed by atoms with van der Waals surface area (Å²) in [6.45, 7) is 1.94. The number of carbonyl (C=O) groups excluding carboxylic acids is 1. The Hall–Kier alpha value is -1.85. The van der Waals surface area contributed by atoms with Crippen molar-refractivity contribution in [3.63, 3.8) is 0 Å². The number of para-hydroxylation sites is 1. The van der Waals surface area contributed by atoms with Crippen LogP contribution in [0.25, 0.3) is 0 Å². The predicted molar refractivity (Wildman–Crippen MR) is 90.2 cm³/mol. The van der Waals surface area contributed by atoms with Crippen molar-refractivity contribution in [1.29, 1.82) is 5.26 Å². The molecule has 120 valence electrons. The van der Waals surface area contributed by atoms with Crippen LogP contribution in [0.2, 0.25) is 0 Å². The Balaban J connectivity index is 2.03. The van der Waals surface area contributed by atoms with Gasteiger partial charge in [0.1, 0.15) is 6.42 Å². The van der Waals surface area contributed by atoms with Gasteiger partial charge in [0, 0.05) is 10.9 Å². The molecule has 2 atom stereocenters. The molecule has 2 aliphatic heterocycles. The van der Waals surface area contributed by atoms with Gasteiger partial charge in [0.05, 0.1) is 23.6 Å². The third-order valence-electron chi connectivity index (χ3n) is 3.89. The van der Waals surface area contributed by atoms with E-state index in [-0.39, 0.29) is 29.2 Å². The smallest absolute Gasteiger partial charge is 0.262 e. The Morgan fingerprint density at radius 3 is 2.87 bits per heavy atom. The SMILES string of the molecule is Cc1ccccc1N1C(=NC(=O)CC#N)S[C@H]2CS(=O)(=O)C[C@H]21. The van der Waals surface area contributed by atoms with Crippen LogP contribution < -0.4 is 4.90 Å². The number of carbonyl (C=O) groups is 1. The molecule has 6 nitrogen and oxygen atoms in total. The zero-order valence-corrected chi connectivity index (χ0v) is 14.1. The monoisotopic (exact) mass is 349 g/mol. The van der Waals surface area contributed by atoms with Crippen LogP contribution in [-0.4, -0.2) is 42.3 Å². The Kier molecular flexibility index (Phi) is 4.17. The molecule has 0 radical (unpaired) electrons. The van der Waals surface area contributed by atoms with Crippen LogP contribution in [0.4, 0.5) is 5.69 Å². The second kappa shape index (κ2) is 5.98. The minimum Gasteiger partial charge on any atom is -0.315 e. The fourth-order valence-corrected chi connectivity index (χ4v) is 6.82. The van der Waals surface area contributed by atoms with Gasteiger partial charge in [-0.2, -0.15) is 10.3 Å². The van der Waals surface area contributed by atoms with Crippen LogP contribution in [0.1, 0.15) is 12.0 Å². The lowest BCUT2D eigenvalue weighted by Crippen LogP contribution is -2.38. The molecule has 0 N–H and O–H groups in total. The molecule has 1 aromatic rings. The number of anilines is 1. The molecule has 3 rings (SSSR count). The largest absolute Gasteiger partial charge is 0.315 e. The van der Waals surface area contributed by atoms with Gasteiger partial charge in [-0.25, -0.2) is 8.42 Å². The maximum Gasteiger partial charge on any atom is 0.262 e. The summed E-state index contributed by atoms with van der Waals surface area (Å²) < 4.78 is 23.9. The predicted octanol–water partition coefficient (Wildman–Crippen LogP) is 1.51. The molecule has 2 aliphatic rings. The molecular weight excluding hydrogens is 334 g/mol. The summed E-state index contributed by atoms with van der Waals surface area (Å²) in [7, 11) is -3.08. The molecule has 0 saturated carbocycles. The fourth-order valence-electron chi connectivity index (χ4n) is 2.89. The van der Waals surface area contributed by atoms with Crippen molar-refractivity contribution >= 4 is 38.4 Å². The lowest BCUT2D eigenvalue weighted by molar-refractivity contribution is -0.116. The van der Waals surface area contributed by atoms with E-state index in [4.69, 9.17) is 5.26 Å². The minimum atomic E-state index is -3.08. The molecule has 2 heterocycles. The minimum absolute atomic E-state index is 0.0600. The zero-order valence-electron chi connectivity index (χ0n) is 12.5. The van der Waals surface area contributed by atoms with Gasteiger partial charge in [-0.05, 0) is 18.6 Å². The number of hydrogen-bond acceptors (Lipinski definition) is 5. The summed E-state index contributed by atoms with van der Waals surface area (Å²) in [5, 5.41) is 8.99. The van der Waals surface area contributed by atoms with E-state index in [1.165, 1.54) is 11.8 Å². The Bertz CT molecular complexity index is 827. The molecule has 8 heteroatoms. The average molecular weight is 349 g/mol. The highest BCUT2D eigenvalue weighted by atomic mass is 32.2. The third kappa shape index (κ3) is 3.12. The van der Waals surface area contributed by atoms with Crippen LogP contribution in [0.5, 0.6) is 0 Å². The van der Waals surface area contributed by atoms with Gasteiger partial charge < -0.3 is 4.90 Å². The quantitative estimate of drug-likeness (QED) is 0.804. The number of amides is 1. The topological polar surface area (TPSA) is 90.6 Å². The van der Waals surface area contributed by atoms with Crippen molar-refractivity contribution in [2.75, 3.05) is 16.4 Å². The van der Waals surface area contributed by atoms with Gasteiger partial charge in [0.25, 0.3) is 5.91 Å². The van der Waals surface area contributed by atoms with Gasteiger partial charge in [-0.3, -0.25) is 4.79 Å². The number of thioether (sulfide) groups is 1. The van der Waals surface area contributed by atoms with Gasteiger partial charge in [-0.15, -0.1) is 0 Å². The standard InChI is InChI=1S/C15H15N3O3S2/c1-10-4-2-3-5-11(10)18-12-8-23(20,21)9-13(12)22-15(18)17-14(19)6-7-16/h2-5,12-13H,6,8-9H2,1H3/t12-,13+/m1/s1. The summed E-state index contributed by atoms with van der Waals surface area (Å²) in [5.74, 6) is -0.350. The number of amidine groups is 1. The number of hydrogen-bond donors (Lipinski definition) is 0. The fraction of sp³-hybridized carbons (Fsp3) is 0.400. The van der Waals surface area contributed by atoms with E-state index in [1.807, 2.05) is 36.1 Å². The second-order valence-corrected chi connectivity index (χ2v) is 8.94. The number of rotatable bonds is 2. The van der Waals surface area contributed by atoms with Crippen molar-refractivity contribution in [1.82, 2.24) is 0 Å². The van der Waals surface area contributed by atoms with Gasteiger partial charge in [-0.1, -0.05) is 30.0 Å². The molecule has 0 aromatic heterocycles. The van der Waals surface area contributed by atoms with E-state index in [2.05, 4.69) is 4.99 Å². The van der Waals surface area contributed by atoms with Gasteiger partial charge >= 0.3 is 0 Å². The Labute approximate surface area is 139 Å². The highest BCUT2D eigenvalue weighted by Crippen LogP contribution is 2.41. The van der Waals surface area contributed by atoms with Crippen LogP contribution in [0.3, 0.4) is 0 Å². The number of fused-ring (bicyclic) bond motifs is 1. The van der Waals surface area contributed by atoms with E-state index >= 15 is 0 Å². The lowest BCUT2D eigenvalue weighted by atomic mass is 10.1. The van der Waals surface area contributed by atoms with E-state index in [0.717, 1.165) is 11.3 Å². The second-order valence-electron chi connectivity index (χ2n) is 5.58. The number of sulfone groups is 1. The molecule has 0 spiro atoms. The number of benzene rings is 1. The highest BCUT2D eigenvalue weighted by molar-refractivity contribution is 8.16. The number of nitrogens with zero attached hydrogens (tertiary/aromatic N) is 3.